The van der Waals surface area contributed by atoms with Crippen LogP contribution in [0.5, 0.6) is 0 Å². The summed E-state index contributed by atoms with van der Waals surface area (Å²) in [6.07, 6.45) is 94.0. The minimum Gasteiger partial charge on any atom is -0.462 e. The van der Waals surface area contributed by atoms with E-state index in [4.69, 9.17) is 14.2 Å². The molecular formula is C72H114O6. The fourth-order valence-corrected chi connectivity index (χ4v) is 8.06. The van der Waals surface area contributed by atoms with E-state index in [9.17, 15) is 14.4 Å². The largest absolute Gasteiger partial charge is 0.462 e. The maximum Gasteiger partial charge on any atom is 0.306 e. The van der Waals surface area contributed by atoms with Crippen LogP contribution in [-0.4, -0.2) is 37.2 Å². The topological polar surface area (TPSA) is 78.9 Å². The van der Waals surface area contributed by atoms with E-state index in [1.165, 1.54) is 70.6 Å². The van der Waals surface area contributed by atoms with Crippen molar-refractivity contribution in [2.75, 3.05) is 13.2 Å². The molecule has 0 fully saturated rings. The third kappa shape index (κ3) is 61.9. The minimum atomic E-state index is -0.808. The molecule has 0 rings (SSSR count). The van der Waals surface area contributed by atoms with Crippen LogP contribution in [0.25, 0.3) is 0 Å². The number of unbranched alkanes of at least 4 members (excludes halogenated alkanes) is 18. The number of hydrogen-bond donors (Lipinski definition) is 0. The fraction of sp³-hybridized carbons (Fsp3) is 0.597. The van der Waals surface area contributed by atoms with Crippen LogP contribution in [0.4, 0.5) is 0 Å². The van der Waals surface area contributed by atoms with Gasteiger partial charge in [0.2, 0.25) is 0 Å². The van der Waals surface area contributed by atoms with E-state index in [-0.39, 0.29) is 31.1 Å². The Labute approximate surface area is 480 Å². The Kier molecular flexibility index (Phi) is 60.4. The number of carbonyl (C=O) groups excluding carboxylic acids is 3. The Balaban J connectivity index is 4.32. The predicted octanol–water partition coefficient (Wildman–Crippen LogP) is 21.7. The molecule has 0 saturated carbocycles. The molecule has 0 saturated heterocycles. The summed E-state index contributed by atoms with van der Waals surface area (Å²) in [4.78, 5) is 38.1. The van der Waals surface area contributed by atoms with Crippen LogP contribution in [0.2, 0.25) is 0 Å². The first-order valence-electron chi connectivity index (χ1n) is 31.5. The zero-order chi connectivity index (χ0) is 56.4. The van der Waals surface area contributed by atoms with Crippen molar-refractivity contribution in [2.45, 2.75) is 264 Å². The van der Waals surface area contributed by atoms with Gasteiger partial charge in [0, 0.05) is 19.3 Å². The van der Waals surface area contributed by atoms with E-state index in [1.807, 2.05) is 0 Å². The lowest BCUT2D eigenvalue weighted by Crippen LogP contribution is -2.30. The van der Waals surface area contributed by atoms with Gasteiger partial charge in [0.15, 0.2) is 6.10 Å². The first-order chi connectivity index (χ1) is 38.5. The van der Waals surface area contributed by atoms with Crippen molar-refractivity contribution in [3.63, 3.8) is 0 Å². The molecule has 0 radical (unpaired) electrons. The van der Waals surface area contributed by atoms with Crippen molar-refractivity contribution < 1.29 is 28.6 Å². The van der Waals surface area contributed by atoms with Gasteiger partial charge in [-0.05, 0) is 135 Å². The summed E-state index contributed by atoms with van der Waals surface area (Å²) in [7, 11) is 0. The third-order valence-electron chi connectivity index (χ3n) is 12.8. The zero-order valence-electron chi connectivity index (χ0n) is 50.1. The van der Waals surface area contributed by atoms with Gasteiger partial charge >= 0.3 is 17.9 Å². The molecule has 0 aromatic rings. The van der Waals surface area contributed by atoms with Crippen molar-refractivity contribution in [3.8, 4) is 0 Å². The molecule has 1 atom stereocenters. The second-order valence-corrected chi connectivity index (χ2v) is 20.2. The van der Waals surface area contributed by atoms with Crippen LogP contribution in [0.15, 0.2) is 158 Å². The molecule has 78 heavy (non-hydrogen) atoms. The van der Waals surface area contributed by atoms with Crippen molar-refractivity contribution in [2.24, 2.45) is 0 Å². The summed E-state index contributed by atoms with van der Waals surface area (Å²) in [5.41, 5.74) is 0. The number of rotatable bonds is 55. The average molecular weight is 1080 g/mol. The highest BCUT2D eigenvalue weighted by molar-refractivity contribution is 5.71. The van der Waals surface area contributed by atoms with E-state index < -0.39 is 6.10 Å². The molecule has 0 N–H and O–H groups in total. The Bertz CT molecular complexity index is 1760. The van der Waals surface area contributed by atoms with E-state index in [0.29, 0.717) is 25.7 Å². The lowest BCUT2D eigenvalue weighted by atomic mass is 10.1. The maximum atomic E-state index is 12.8. The summed E-state index contributed by atoms with van der Waals surface area (Å²) in [6.45, 7) is 6.41. The molecular weight excluding hydrogens is 961 g/mol. The second kappa shape index (κ2) is 64.6. The minimum absolute atomic E-state index is 0.102. The molecule has 1 unspecified atom stereocenters. The molecule has 0 aliphatic heterocycles. The number of carbonyl (C=O) groups is 3. The Hall–Kier alpha value is -4.97. The summed E-state index contributed by atoms with van der Waals surface area (Å²) in [5, 5.41) is 0. The van der Waals surface area contributed by atoms with E-state index >= 15 is 0 Å². The maximum absolute atomic E-state index is 12.8. The van der Waals surface area contributed by atoms with Gasteiger partial charge in [-0.3, -0.25) is 14.4 Å². The van der Waals surface area contributed by atoms with Crippen molar-refractivity contribution in [3.05, 3.63) is 158 Å². The first-order valence-corrected chi connectivity index (χ1v) is 31.5. The average Bonchev–Trinajstić information content (AvgIpc) is 3.44. The molecule has 0 bridgehead atoms. The molecule has 0 aromatic heterocycles. The van der Waals surface area contributed by atoms with Gasteiger partial charge in [-0.15, -0.1) is 0 Å². The Morgan fingerprint density at radius 1 is 0.269 bits per heavy atom. The molecule has 0 aromatic carbocycles. The van der Waals surface area contributed by atoms with Crippen molar-refractivity contribution in [1.29, 1.82) is 0 Å². The highest BCUT2D eigenvalue weighted by atomic mass is 16.6. The summed E-state index contributed by atoms with van der Waals surface area (Å²) in [5.74, 6) is -0.970. The molecule has 6 nitrogen and oxygen atoms in total. The molecule has 6 heteroatoms. The van der Waals surface area contributed by atoms with Gasteiger partial charge in [0.1, 0.15) is 13.2 Å². The molecule has 0 amide bonds. The van der Waals surface area contributed by atoms with Gasteiger partial charge in [0.05, 0.1) is 0 Å². The summed E-state index contributed by atoms with van der Waals surface area (Å²) < 4.78 is 16.8. The molecule has 0 heterocycles. The smallest absolute Gasteiger partial charge is 0.306 e. The van der Waals surface area contributed by atoms with E-state index in [0.717, 1.165) is 141 Å². The Morgan fingerprint density at radius 3 is 0.833 bits per heavy atom. The highest BCUT2D eigenvalue weighted by Gasteiger charge is 2.19. The molecule has 0 aliphatic carbocycles. The summed E-state index contributed by atoms with van der Waals surface area (Å²) in [6, 6.07) is 0. The summed E-state index contributed by atoms with van der Waals surface area (Å²) >= 11 is 0. The molecule has 0 spiro atoms. The van der Waals surface area contributed by atoms with Crippen LogP contribution >= 0.6 is 0 Å². The van der Waals surface area contributed by atoms with Crippen LogP contribution < -0.4 is 0 Å². The van der Waals surface area contributed by atoms with Crippen LogP contribution in [0.1, 0.15) is 258 Å². The van der Waals surface area contributed by atoms with Crippen molar-refractivity contribution >= 4 is 17.9 Å². The van der Waals surface area contributed by atoms with Gasteiger partial charge in [-0.2, -0.15) is 0 Å². The van der Waals surface area contributed by atoms with E-state index in [1.54, 1.807) is 0 Å². The number of esters is 3. The highest BCUT2D eigenvalue weighted by Crippen LogP contribution is 2.13. The fourth-order valence-electron chi connectivity index (χ4n) is 8.06. The van der Waals surface area contributed by atoms with Crippen molar-refractivity contribution in [1.82, 2.24) is 0 Å². The van der Waals surface area contributed by atoms with Gasteiger partial charge in [-0.25, -0.2) is 0 Å². The zero-order valence-corrected chi connectivity index (χ0v) is 50.1. The van der Waals surface area contributed by atoms with Crippen LogP contribution in [0, 0.1) is 0 Å². The predicted molar refractivity (Wildman–Crippen MR) is 338 cm³/mol. The van der Waals surface area contributed by atoms with Crippen LogP contribution in [-0.2, 0) is 28.6 Å². The lowest BCUT2D eigenvalue weighted by Gasteiger charge is -2.18. The SMILES string of the molecule is CC/C=C\C/C=C\C/C=C\C/C=C\C/C=C\C/C=C\C/C=C\C/C=C\C/C=C\C/C=C\CCCCC(=O)OCC(COC(=O)CCCCCCCCCC)OC(=O)CCCCCCCC/C=C\C/C=C\C/C=C\CCCCC. The normalized spacial score (nSPS) is 13.2. The van der Waals surface area contributed by atoms with Gasteiger partial charge in [0.25, 0.3) is 0 Å². The third-order valence-corrected chi connectivity index (χ3v) is 12.8. The van der Waals surface area contributed by atoms with Crippen LogP contribution in [0.3, 0.4) is 0 Å². The van der Waals surface area contributed by atoms with E-state index in [2.05, 4.69) is 179 Å². The second-order valence-electron chi connectivity index (χ2n) is 20.2. The Morgan fingerprint density at radius 2 is 0.500 bits per heavy atom. The first kappa shape index (κ1) is 73.0. The molecule has 438 valence electrons. The number of hydrogen-bond acceptors (Lipinski definition) is 6. The lowest BCUT2D eigenvalue weighted by molar-refractivity contribution is -0.167. The number of ether oxygens (including phenoxy) is 3. The number of allylic oxidation sites excluding steroid dienone is 26. The van der Waals surface area contributed by atoms with Gasteiger partial charge < -0.3 is 14.2 Å². The quantitative estimate of drug-likeness (QED) is 0.0261. The molecule has 0 aliphatic rings. The monoisotopic (exact) mass is 1070 g/mol. The van der Waals surface area contributed by atoms with Gasteiger partial charge in [-0.1, -0.05) is 262 Å². The standard InChI is InChI=1S/C72H114O6/c1-4-7-10-13-16-19-21-23-25-27-29-30-31-32-33-34-35-36-37-38-39-40-41-42-44-45-47-49-51-53-56-59-62-65-71(74)77-68-69(67-76-70(73)64-61-58-55-18-15-12-9-6-3)78-72(75)66-63-60-57-54-52-50-48-46-43-28-26-24-22-20-17-14-11-8-5-2/h7,10,16-17,19-20,23-26,29-30,32-33,35-36,38-39,41-43,45-47,51,53,69H,4-6,8-9,11-15,18,21-22,27-28,31,34,37,40,44,48-50,52,54-68H2,1-3H3/b10-7-,19-16-,20-17-,25-23-,26-24-,30-29-,33-32-,36-35-,39-38-,42-41-,46-43-,47-45-,53-51-.